The molecule has 0 aliphatic heterocycles. The van der Waals surface area contributed by atoms with Crippen molar-refractivity contribution in [2.75, 3.05) is 0 Å². The second kappa shape index (κ2) is 3.64. The van der Waals surface area contributed by atoms with E-state index in [1.54, 1.807) is 0 Å². The highest BCUT2D eigenvalue weighted by Crippen LogP contribution is 2.25. The van der Waals surface area contributed by atoms with Crippen molar-refractivity contribution in [1.29, 1.82) is 0 Å². The van der Waals surface area contributed by atoms with Gasteiger partial charge in [0.2, 0.25) is 5.06 Å². The molecule has 0 fully saturated rings. The van der Waals surface area contributed by atoms with Crippen LogP contribution < -0.4 is 4.74 Å². The Morgan fingerprint density at radius 1 is 1.91 bits per heavy atom. The predicted molar refractivity (Wildman–Crippen MR) is 45.6 cm³/mol. The van der Waals surface area contributed by atoms with Gasteiger partial charge in [-0.2, -0.15) is 0 Å². The van der Waals surface area contributed by atoms with E-state index in [0.29, 0.717) is 8.98 Å². The van der Waals surface area contributed by atoms with Gasteiger partial charge in [-0.25, -0.2) is 9.78 Å². The molecule has 1 aromatic rings. The Morgan fingerprint density at radius 2 is 2.64 bits per heavy atom. The van der Waals surface area contributed by atoms with Crippen molar-refractivity contribution < 1.29 is 9.53 Å². The average Bonchev–Trinajstić information content (AvgIpc) is 2.35. The summed E-state index contributed by atoms with van der Waals surface area (Å²) < 4.78 is 5.44. The molecule has 11 heavy (non-hydrogen) atoms. The van der Waals surface area contributed by atoms with E-state index in [1.807, 2.05) is 0 Å². The molecule has 0 amide bonds. The topological polar surface area (TPSA) is 39.2 Å². The van der Waals surface area contributed by atoms with Gasteiger partial charge in [-0.1, -0.05) is 17.9 Å². The number of nitrogens with zero attached hydrogens (tertiary/aromatic N) is 1. The zero-order chi connectivity index (χ0) is 8.27. The lowest BCUT2D eigenvalue weighted by molar-refractivity contribution is -0.128. The second-order valence-corrected chi connectivity index (χ2v) is 3.83. The summed E-state index contributed by atoms with van der Waals surface area (Å²) in [5.74, 6) is -0.471. The molecule has 0 spiro atoms. The highest BCUT2D eigenvalue weighted by Gasteiger charge is 2.02. The fourth-order valence-corrected chi connectivity index (χ4v) is 1.51. The molecule has 0 bridgehead atoms. The van der Waals surface area contributed by atoms with Crippen molar-refractivity contribution in [2.24, 2.45) is 0 Å². The summed E-state index contributed by atoms with van der Waals surface area (Å²) >= 11 is 4.38. The van der Waals surface area contributed by atoms with Gasteiger partial charge >= 0.3 is 5.97 Å². The molecule has 0 radical (unpaired) electrons. The second-order valence-electron chi connectivity index (χ2n) is 1.56. The molecule has 0 aliphatic carbocycles. The van der Waals surface area contributed by atoms with Crippen LogP contribution in [-0.2, 0) is 4.79 Å². The molecule has 1 rings (SSSR count). The minimum absolute atomic E-state index is 0.460. The Morgan fingerprint density at radius 3 is 3.09 bits per heavy atom. The molecule has 0 saturated heterocycles. The van der Waals surface area contributed by atoms with Gasteiger partial charge in [0.15, 0.2) is 3.92 Å². The lowest BCUT2D eigenvalue weighted by Gasteiger charge is -1.91. The number of hydrogen-bond donors (Lipinski definition) is 0. The SMILES string of the molecule is C=CC(=O)Oc1cnc(Br)s1. The average molecular weight is 234 g/mol. The van der Waals surface area contributed by atoms with E-state index in [-0.39, 0.29) is 0 Å². The van der Waals surface area contributed by atoms with Crippen LogP contribution in [0.5, 0.6) is 5.06 Å². The molecular weight excluding hydrogens is 230 g/mol. The maximum Gasteiger partial charge on any atom is 0.336 e. The van der Waals surface area contributed by atoms with Crippen molar-refractivity contribution in [3.63, 3.8) is 0 Å². The number of halogens is 1. The maximum absolute atomic E-state index is 10.6. The number of carbonyl (C=O) groups is 1. The first kappa shape index (κ1) is 8.42. The number of ether oxygens (including phenoxy) is 1. The van der Waals surface area contributed by atoms with Crippen LogP contribution in [0.2, 0.25) is 0 Å². The van der Waals surface area contributed by atoms with Crippen molar-refractivity contribution in [1.82, 2.24) is 4.98 Å². The van der Waals surface area contributed by atoms with Crippen molar-refractivity contribution in [3.05, 3.63) is 22.8 Å². The Labute approximate surface area is 75.8 Å². The molecule has 0 aliphatic rings. The molecule has 0 N–H and O–H groups in total. The number of rotatable bonds is 2. The molecule has 5 heteroatoms. The van der Waals surface area contributed by atoms with Crippen LogP contribution in [0.15, 0.2) is 22.8 Å². The van der Waals surface area contributed by atoms with E-state index in [4.69, 9.17) is 4.74 Å². The zero-order valence-corrected chi connectivity index (χ0v) is 7.81. The van der Waals surface area contributed by atoms with Crippen LogP contribution >= 0.6 is 27.3 Å². The van der Waals surface area contributed by atoms with Gasteiger partial charge in [-0.05, 0) is 15.9 Å². The van der Waals surface area contributed by atoms with Gasteiger partial charge in [0.25, 0.3) is 0 Å². The van der Waals surface area contributed by atoms with E-state index in [9.17, 15) is 4.79 Å². The Balaban J connectivity index is 2.64. The summed E-state index contributed by atoms with van der Waals surface area (Å²) in [6, 6.07) is 0. The van der Waals surface area contributed by atoms with E-state index >= 15 is 0 Å². The highest BCUT2D eigenvalue weighted by atomic mass is 79.9. The van der Waals surface area contributed by atoms with Gasteiger partial charge in [-0.15, -0.1) is 0 Å². The third kappa shape index (κ3) is 2.44. The number of carbonyl (C=O) groups excluding carboxylic acids is 1. The van der Waals surface area contributed by atoms with Crippen LogP contribution in [0, 0.1) is 0 Å². The summed E-state index contributed by atoms with van der Waals surface area (Å²) in [5, 5.41) is 0.460. The zero-order valence-electron chi connectivity index (χ0n) is 5.41. The fraction of sp³-hybridized carbons (Fsp3) is 0. The lowest BCUT2D eigenvalue weighted by atomic mass is 10.7. The molecule has 0 aromatic carbocycles. The van der Waals surface area contributed by atoms with Gasteiger partial charge in [0, 0.05) is 6.08 Å². The van der Waals surface area contributed by atoms with Crippen molar-refractivity contribution in [3.8, 4) is 5.06 Å². The Bertz CT molecular complexity index is 284. The highest BCUT2D eigenvalue weighted by molar-refractivity contribution is 9.11. The van der Waals surface area contributed by atoms with E-state index in [1.165, 1.54) is 17.5 Å². The van der Waals surface area contributed by atoms with E-state index in [0.717, 1.165) is 6.08 Å². The minimum Gasteiger partial charge on any atom is -0.410 e. The van der Waals surface area contributed by atoms with Crippen molar-refractivity contribution in [2.45, 2.75) is 0 Å². The Kier molecular flexibility index (Phi) is 2.78. The predicted octanol–water partition coefficient (Wildman–Crippen LogP) is 2.00. The largest absolute Gasteiger partial charge is 0.410 e. The Hall–Kier alpha value is -0.680. The van der Waals surface area contributed by atoms with Gasteiger partial charge in [0.1, 0.15) is 0 Å². The van der Waals surface area contributed by atoms with Gasteiger partial charge < -0.3 is 4.74 Å². The molecule has 0 saturated carbocycles. The minimum atomic E-state index is -0.471. The molecular formula is C6H4BrNO2S. The van der Waals surface area contributed by atoms with Crippen LogP contribution in [0.1, 0.15) is 0 Å². The summed E-state index contributed by atoms with van der Waals surface area (Å²) in [6.07, 6.45) is 2.57. The van der Waals surface area contributed by atoms with E-state index in [2.05, 4.69) is 27.5 Å². The van der Waals surface area contributed by atoms with Crippen LogP contribution in [-0.4, -0.2) is 11.0 Å². The summed E-state index contributed by atoms with van der Waals surface area (Å²) in [5.41, 5.74) is 0. The maximum atomic E-state index is 10.6. The monoisotopic (exact) mass is 233 g/mol. The quantitative estimate of drug-likeness (QED) is 0.580. The molecule has 58 valence electrons. The molecule has 3 nitrogen and oxygen atoms in total. The first-order valence-corrected chi connectivity index (χ1v) is 4.29. The standard InChI is InChI=1S/C6H4BrNO2S/c1-2-4(9)10-5-3-8-6(7)11-5/h2-3H,1H2. The molecule has 0 unspecified atom stereocenters. The number of aromatic nitrogens is 1. The fourth-order valence-electron chi connectivity index (χ4n) is 0.427. The van der Waals surface area contributed by atoms with Crippen LogP contribution in [0.4, 0.5) is 0 Å². The van der Waals surface area contributed by atoms with Crippen LogP contribution in [0.25, 0.3) is 0 Å². The van der Waals surface area contributed by atoms with Gasteiger partial charge in [0.05, 0.1) is 6.20 Å². The summed E-state index contributed by atoms with van der Waals surface area (Å²) in [6.45, 7) is 3.26. The lowest BCUT2D eigenvalue weighted by Crippen LogP contribution is -2.00. The first-order valence-electron chi connectivity index (χ1n) is 2.68. The third-order valence-electron chi connectivity index (χ3n) is 0.824. The number of hydrogen-bond acceptors (Lipinski definition) is 4. The molecule has 1 aromatic heterocycles. The normalized spacial score (nSPS) is 9.18. The summed E-state index contributed by atoms with van der Waals surface area (Å²) in [7, 11) is 0. The molecule has 1 heterocycles. The summed E-state index contributed by atoms with van der Waals surface area (Å²) in [4.78, 5) is 14.4. The first-order chi connectivity index (χ1) is 5.22. The molecule has 0 atom stereocenters. The number of esters is 1. The van der Waals surface area contributed by atoms with Gasteiger partial charge in [-0.3, -0.25) is 0 Å². The van der Waals surface area contributed by atoms with E-state index < -0.39 is 5.97 Å². The number of thiazole rings is 1. The third-order valence-corrected chi connectivity index (χ3v) is 2.18. The van der Waals surface area contributed by atoms with Crippen molar-refractivity contribution >= 4 is 33.2 Å². The smallest absolute Gasteiger partial charge is 0.336 e. The van der Waals surface area contributed by atoms with Crippen LogP contribution in [0.3, 0.4) is 0 Å².